The number of hydrogen-bond donors (Lipinski definition) is 2. The van der Waals surface area contributed by atoms with Crippen LogP contribution < -0.4 is 0 Å². The molecule has 1 amide bonds. The maximum Gasteiger partial charge on any atom is 0.272 e. The van der Waals surface area contributed by atoms with Crippen molar-refractivity contribution in [2.75, 3.05) is 0 Å². The minimum atomic E-state index is -1.15. The third-order valence-corrected chi connectivity index (χ3v) is 0.887. The van der Waals surface area contributed by atoms with Crippen LogP contribution in [-0.4, -0.2) is 27.5 Å². The fourth-order valence-electron chi connectivity index (χ4n) is 0.457. The van der Waals surface area contributed by atoms with E-state index in [4.69, 9.17) is 10.3 Å². The molecule has 0 spiro atoms. The molecule has 1 aliphatic rings. The van der Waals surface area contributed by atoms with Gasteiger partial charge in [-0.1, -0.05) is 0 Å². The van der Waals surface area contributed by atoms with Crippen molar-refractivity contribution in [2.24, 2.45) is 0 Å². The first-order valence-corrected chi connectivity index (χ1v) is 2.10. The van der Waals surface area contributed by atoms with Gasteiger partial charge in [0, 0.05) is 6.08 Å². The molecule has 1 rings (SSSR count). The molecule has 0 bridgehead atoms. The summed E-state index contributed by atoms with van der Waals surface area (Å²) in [4.78, 5) is 10.2. The molecular weight excluding hydrogens is 110 g/mol. The Morgan fingerprint density at radius 1 is 1.75 bits per heavy atom. The average Bonchev–Trinajstić information content (AvgIpc) is 1.98. The second kappa shape index (κ2) is 1.57. The lowest BCUT2D eigenvalue weighted by Gasteiger charge is -2.09. The minimum absolute atomic E-state index is 0.250. The fourth-order valence-corrected chi connectivity index (χ4v) is 0.457. The van der Waals surface area contributed by atoms with Crippen molar-refractivity contribution < 1.29 is 15.1 Å². The van der Waals surface area contributed by atoms with E-state index in [1.54, 1.807) is 0 Å². The molecule has 1 heterocycles. The van der Waals surface area contributed by atoms with Crippen LogP contribution in [0.5, 0.6) is 0 Å². The summed E-state index contributed by atoms with van der Waals surface area (Å²) in [5.41, 5.74) is 0. The first-order chi connectivity index (χ1) is 3.72. The van der Waals surface area contributed by atoms with E-state index in [-0.39, 0.29) is 5.06 Å². The smallest absolute Gasteiger partial charge is 0.272 e. The van der Waals surface area contributed by atoms with Crippen molar-refractivity contribution >= 4 is 5.91 Å². The largest absolute Gasteiger partial charge is 0.368 e. The average molecular weight is 115 g/mol. The van der Waals surface area contributed by atoms with Crippen molar-refractivity contribution in [3.63, 3.8) is 0 Å². The number of carbonyl (C=O) groups is 1. The highest BCUT2D eigenvalue weighted by molar-refractivity contribution is 5.89. The zero-order chi connectivity index (χ0) is 6.15. The van der Waals surface area contributed by atoms with Crippen molar-refractivity contribution in [1.82, 2.24) is 5.06 Å². The zero-order valence-electron chi connectivity index (χ0n) is 3.98. The zero-order valence-corrected chi connectivity index (χ0v) is 3.98. The summed E-state index contributed by atoms with van der Waals surface area (Å²) >= 11 is 0. The number of nitrogens with zero attached hydrogens (tertiary/aromatic N) is 1. The van der Waals surface area contributed by atoms with E-state index in [0.717, 1.165) is 6.08 Å². The lowest BCUT2D eigenvalue weighted by molar-refractivity contribution is -0.184. The molecule has 8 heavy (non-hydrogen) atoms. The van der Waals surface area contributed by atoms with E-state index in [1.807, 2.05) is 0 Å². The predicted octanol–water partition coefficient (Wildman–Crippen LogP) is -0.908. The molecule has 0 radical (unpaired) electrons. The van der Waals surface area contributed by atoms with Gasteiger partial charge in [0.2, 0.25) is 0 Å². The molecule has 4 heteroatoms. The van der Waals surface area contributed by atoms with Crippen LogP contribution in [0.1, 0.15) is 0 Å². The number of amides is 1. The maximum atomic E-state index is 10.2. The van der Waals surface area contributed by atoms with Crippen LogP contribution in [0, 0.1) is 0 Å². The van der Waals surface area contributed by atoms with Crippen LogP contribution in [0.3, 0.4) is 0 Å². The second-order valence-corrected chi connectivity index (χ2v) is 1.46. The summed E-state index contributed by atoms with van der Waals surface area (Å²) in [6.07, 6.45) is 1.15. The Kier molecular flexibility index (Phi) is 1.04. The summed E-state index contributed by atoms with van der Waals surface area (Å²) in [5.74, 6) is -0.586. The molecule has 1 aliphatic heterocycles. The van der Waals surface area contributed by atoms with Gasteiger partial charge in [0.05, 0.1) is 0 Å². The van der Waals surface area contributed by atoms with Gasteiger partial charge >= 0.3 is 0 Å². The lowest BCUT2D eigenvalue weighted by Crippen LogP contribution is -2.29. The number of hydrogen-bond acceptors (Lipinski definition) is 3. The van der Waals surface area contributed by atoms with Crippen LogP contribution in [0.15, 0.2) is 12.2 Å². The van der Waals surface area contributed by atoms with Gasteiger partial charge < -0.3 is 5.11 Å². The fraction of sp³-hybridized carbons (Fsp3) is 0.250. The predicted molar refractivity (Wildman–Crippen MR) is 23.8 cm³/mol. The number of rotatable bonds is 0. The maximum absolute atomic E-state index is 10.2. The highest BCUT2D eigenvalue weighted by Gasteiger charge is 2.20. The van der Waals surface area contributed by atoms with Gasteiger partial charge in [-0.15, -0.1) is 0 Å². The standard InChI is InChI=1S/C4H5NO3/c6-3-1-2-4(7)5(3)8/h1-3,6,8H. The van der Waals surface area contributed by atoms with Crippen molar-refractivity contribution in [3.8, 4) is 0 Å². The Hall–Kier alpha value is -0.870. The summed E-state index contributed by atoms with van der Waals surface area (Å²) in [5, 5.41) is 17.2. The highest BCUT2D eigenvalue weighted by atomic mass is 16.5. The monoisotopic (exact) mass is 115 g/mol. The SMILES string of the molecule is O=C1C=CC(O)N1O. The van der Waals surface area contributed by atoms with E-state index < -0.39 is 12.1 Å². The Bertz CT molecular complexity index is 142. The molecule has 0 saturated carbocycles. The topological polar surface area (TPSA) is 60.8 Å². The van der Waals surface area contributed by atoms with Crippen LogP contribution >= 0.6 is 0 Å². The third-order valence-electron chi connectivity index (χ3n) is 0.887. The van der Waals surface area contributed by atoms with E-state index in [9.17, 15) is 4.79 Å². The lowest BCUT2D eigenvalue weighted by atomic mass is 10.5. The summed E-state index contributed by atoms with van der Waals surface area (Å²) in [6, 6.07) is 0. The number of carbonyl (C=O) groups excluding carboxylic acids is 1. The molecule has 0 aromatic heterocycles. The molecular formula is C4H5NO3. The quantitative estimate of drug-likeness (QED) is 0.402. The molecule has 0 aromatic rings. The van der Waals surface area contributed by atoms with E-state index >= 15 is 0 Å². The minimum Gasteiger partial charge on any atom is -0.368 e. The van der Waals surface area contributed by atoms with Gasteiger partial charge in [-0.25, -0.2) is 0 Å². The van der Waals surface area contributed by atoms with Crippen LogP contribution in [0.2, 0.25) is 0 Å². The Morgan fingerprint density at radius 3 is 2.50 bits per heavy atom. The van der Waals surface area contributed by atoms with Crippen molar-refractivity contribution in [3.05, 3.63) is 12.2 Å². The van der Waals surface area contributed by atoms with Crippen LogP contribution in [0.25, 0.3) is 0 Å². The first kappa shape index (κ1) is 5.27. The first-order valence-electron chi connectivity index (χ1n) is 2.10. The second-order valence-electron chi connectivity index (χ2n) is 1.46. The summed E-state index contributed by atoms with van der Waals surface area (Å²) in [6.45, 7) is 0. The van der Waals surface area contributed by atoms with Crippen LogP contribution in [0.4, 0.5) is 0 Å². The van der Waals surface area contributed by atoms with Crippen molar-refractivity contribution in [2.45, 2.75) is 6.23 Å². The van der Waals surface area contributed by atoms with E-state index in [0.29, 0.717) is 0 Å². The number of hydroxylamine groups is 2. The Morgan fingerprint density at radius 2 is 2.38 bits per heavy atom. The van der Waals surface area contributed by atoms with Gasteiger partial charge in [0.25, 0.3) is 5.91 Å². The van der Waals surface area contributed by atoms with Gasteiger partial charge in [0.15, 0.2) is 6.23 Å². The molecule has 0 aliphatic carbocycles. The molecule has 1 unspecified atom stereocenters. The van der Waals surface area contributed by atoms with Crippen molar-refractivity contribution in [1.29, 1.82) is 0 Å². The molecule has 2 N–H and O–H groups in total. The summed E-state index contributed by atoms with van der Waals surface area (Å²) in [7, 11) is 0. The van der Waals surface area contributed by atoms with Gasteiger partial charge in [-0.2, -0.15) is 5.06 Å². The highest BCUT2D eigenvalue weighted by Crippen LogP contribution is 2.02. The molecule has 0 aromatic carbocycles. The Labute approximate surface area is 45.6 Å². The Balaban J connectivity index is 2.69. The molecule has 1 atom stereocenters. The van der Waals surface area contributed by atoms with Gasteiger partial charge in [-0.3, -0.25) is 10.0 Å². The molecule has 0 fully saturated rings. The molecule has 0 saturated heterocycles. The van der Waals surface area contributed by atoms with E-state index in [1.165, 1.54) is 6.08 Å². The third kappa shape index (κ3) is 0.595. The van der Waals surface area contributed by atoms with Gasteiger partial charge in [-0.05, 0) is 6.08 Å². The molecule has 4 nitrogen and oxygen atoms in total. The molecule has 44 valence electrons. The van der Waals surface area contributed by atoms with E-state index in [2.05, 4.69) is 0 Å². The van der Waals surface area contributed by atoms with Gasteiger partial charge in [0.1, 0.15) is 0 Å². The normalized spacial score (nSPS) is 27.5. The number of aliphatic hydroxyl groups excluding tert-OH is 1. The number of aliphatic hydroxyl groups is 1. The summed E-state index contributed by atoms with van der Waals surface area (Å²) < 4.78 is 0. The van der Waals surface area contributed by atoms with Crippen LogP contribution in [-0.2, 0) is 4.79 Å².